The molecule has 41 heavy (non-hydrogen) atoms. The van der Waals surface area contributed by atoms with Crippen molar-refractivity contribution < 1.29 is 65.0 Å². The number of ketones is 1. The molecular formula is C28H36O13. The van der Waals surface area contributed by atoms with E-state index < -0.39 is 84.9 Å². The van der Waals surface area contributed by atoms with Crippen LogP contribution in [0.15, 0.2) is 36.4 Å². The monoisotopic (exact) mass is 580 g/mol. The molecule has 226 valence electrons. The van der Waals surface area contributed by atoms with Crippen molar-refractivity contribution in [1.29, 1.82) is 0 Å². The standard InChI is InChI=1S/C28H36O13/c1-12-8-19(23(35)25(37)22(12)34)40-27-26(38)24(36)20(11-29)41-28(27)39-15-9-17(32)21(18(33)10-15)16(31)7-4-13-2-5-14(30)6-3-13/h2-3,5-6,9-10,12,19-20,22-30,32-38H,4,7-8,11H2,1H3/t12-,19-,20+,22+,23+,24+,25-,26-,27+,28+/m1/s1. The van der Waals surface area contributed by atoms with Gasteiger partial charge >= 0.3 is 0 Å². The molecule has 2 aliphatic rings. The number of Topliss-reactive ketones (excluding diaryl/α,β-unsaturated/α-hetero) is 1. The van der Waals surface area contributed by atoms with Crippen LogP contribution in [-0.2, 0) is 15.9 Å². The number of rotatable bonds is 9. The Morgan fingerprint density at radius 2 is 1.54 bits per heavy atom. The summed E-state index contributed by atoms with van der Waals surface area (Å²) >= 11 is 0. The number of hydrogen-bond donors (Lipinski definition) is 9. The van der Waals surface area contributed by atoms with E-state index in [9.17, 15) is 50.8 Å². The van der Waals surface area contributed by atoms with Crippen molar-refractivity contribution in [3.63, 3.8) is 0 Å². The molecule has 0 bridgehead atoms. The van der Waals surface area contributed by atoms with Crippen LogP contribution in [0, 0.1) is 5.92 Å². The van der Waals surface area contributed by atoms with Crippen molar-refractivity contribution >= 4 is 5.78 Å². The van der Waals surface area contributed by atoms with Gasteiger partial charge in [-0.3, -0.25) is 4.79 Å². The minimum absolute atomic E-state index is 0.0568. The molecule has 4 rings (SSSR count). The average molecular weight is 581 g/mol. The molecule has 13 nitrogen and oxygen atoms in total. The van der Waals surface area contributed by atoms with Crippen molar-refractivity contribution in [3.05, 3.63) is 47.5 Å². The Balaban J connectivity index is 1.52. The quantitative estimate of drug-likeness (QED) is 0.168. The Morgan fingerprint density at radius 1 is 0.902 bits per heavy atom. The van der Waals surface area contributed by atoms with Crippen molar-refractivity contribution in [2.45, 2.75) is 81.3 Å². The minimum atomic E-state index is -1.69. The third-order valence-electron chi connectivity index (χ3n) is 7.60. The highest BCUT2D eigenvalue weighted by Crippen LogP contribution is 2.37. The van der Waals surface area contributed by atoms with Crippen molar-refractivity contribution in [2.24, 2.45) is 5.92 Å². The lowest BCUT2D eigenvalue weighted by atomic mass is 9.81. The lowest BCUT2D eigenvalue weighted by Crippen LogP contribution is -2.63. The number of ether oxygens (including phenoxy) is 3. The minimum Gasteiger partial charge on any atom is -0.508 e. The van der Waals surface area contributed by atoms with E-state index in [1.165, 1.54) is 12.1 Å². The third kappa shape index (κ3) is 6.74. The normalized spacial score (nSPS) is 33.8. The number of benzene rings is 2. The molecule has 0 radical (unpaired) electrons. The lowest BCUT2D eigenvalue weighted by molar-refractivity contribution is -0.307. The number of phenols is 3. The van der Waals surface area contributed by atoms with Crippen LogP contribution in [0.4, 0.5) is 0 Å². The maximum Gasteiger partial charge on any atom is 0.229 e. The van der Waals surface area contributed by atoms with Crippen molar-refractivity contribution in [2.75, 3.05) is 6.61 Å². The molecule has 2 aromatic rings. The molecule has 0 aromatic heterocycles. The Morgan fingerprint density at radius 3 is 2.15 bits per heavy atom. The van der Waals surface area contributed by atoms with Gasteiger partial charge in [0.1, 0.15) is 65.2 Å². The zero-order valence-corrected chi connectivity index (χ0v) is 22.2. The molecule has 2 fully saturated rings. The second-order valence-electron chi connectivity index (χ2n) is 10.6. The predicted molar refractivity (Wildman–Crippen MR) is 139 cm³/mol. The van der Waals surface area contributed by atoms with Gasteiger partial charge in [-0.15, -0.1) is 0 Å². The van der Waals surface area contributed by atoms with Gasteiger partial charge in [0, 0.05) is 18.6 Å². The fourth-order valence-electron chi connectivity index (χ4n) is 5.16. The summed E-state index contributed by atoms with van der Waals surface area (Å²) < 4.78 is 17.2. The first-order valence-electron chi connectivity index (χ1n) is 13.3. The van der Waals surface area contributed by atoms with Gasteiger partial charge in [-0.25, -0.2) is 0 Å². The molecular weight excluding hydrogens is 544 g/mol. The topological polar surface area (TPSA) is 227 Å². The van der Waals surface area contributed by atoms with Gasteiger partial charge in [0.2, 0.25) is 6.29 Å². The van der Waals surface area contributed by atoms with E-state index in [1.807, 2.05) is 0 Å². The van der Waals surface area contributed by atoms with E-state index in [2.05, 4.69) is 0 Å². The van der Waals surface area contributed by atoms with Crippen molar-refractivity contribution in [1.82, 2.24) is 0 Å². The van der Waals surface area contributed by atoms with E-state index in [1.54, 1.807) is 19.1 Å². The van der Waals surface area contributed by atoms with Gasteiger partial charge in [-0.1, -0.05) is 19.1 Å². The van der Waals surface area contributed by atoms with E-state index in [-0.39, 0.29) is 36.3 Å². The highest BCUT2D eigenvalue weighted by Gasteiger charge is 2.50. The van der Waals surface area contributed by atoms with Gasteiger partial charge in [-0.2, -0.15) is 0 Å². The Hall–Kier alpha value is -3.01. The number of carbonyl (C=O) groups is 1. The van der Waals surface area contributed by atoms with Crippen LogP contribution in [0.2, 0.25) is 0 Å². The average Bonchev–Trinajstić information content (AvgIpc) is 2.93. The maximum absolute atomic E-state index is 12.8. The van der Waals surface area contributed by atoms with Gasteiger partial charge in [0.25, 0.3) is 0 Å². The van der Waals surface area contributed by atoms with Crippen LogP contribution in [0.5, 0.6) is 23.0 Å². The van der Waals surface area contributed by atoms with Crippen LogP contribution >= 0.6 is 0 Å². The highest BCUT2D eigenvalue weighted by molar-refractivity contribution is 6.01. The van der Waals surface area contributed by atoms with Gasteiger partial charge < -0.3 is 60.2 Å². The molecule has 1 heterocycles. The SMILES string of the molecule is C[C@@H]1C[C@@H](O[C@@H]2[C@@H](Oc3cc(O)c(C(=O)CCc4ccc(O)cc4)c(O)c3)O[C@@H](CO)[C@H](O)[C@H]2O)[C@H](O)[C@H](O)[C@H]1O. The largest absolute Gasteiger partial charge is 0.508 e. The van der Waals surface area contributed by atoms with E-state index >= 15 is 0 Å². The van der Waals surface area contributed by atoms with Gasteiger partial charge in [0.15, 0.2) is 5.78 Å². The third-order valence-corrected chi connectivity index (χ3v) is 7.60. The van der Waals surface area contributed by atoms with Gasteiger partial charge in [0.05, 0.1) is 18.8 Å². The first kappa shape index (κ1) is 30.9. The number of aromatic hydroxyl groups is 3. The first-order chi connectivity index (χ1) is 19.4. The summed E-state index contributed by atoms with van der Waals surface area (Å²) in [6.45, 7) is 0.928. The number of carbonyl (C=O) groups excluding carboxylic acids is 1. The fraction of sp³-hybridized carbons (Fsp3) is 0.536. The number of aliphatic hydroxyl groups is 6. The lowest BCUT2D eigenvalue weighted by Gasteiger charge is -2.45. The molecule has 13 heteroatoms. The molecule has 0 spiro atoms. The number of hydrogen-bond acceptors (Lipinski definition) is 13. The smallest absolute Gasteiger partial charge is 0.229 e. The molecule has 10 atom stereocenters. The summed E-state index contributed by atoms with van der Waals surface area (Å²) in [5, 5.41) is 92.0. The molecule has 9 N–H and O–H groups in total. The summed E-state index contributed by atoms with van der Waals surface area (Å²) in [5.41, 5.74) is 0.415. The molecule has 1 aliphatic carbocycles. The van der Waals surface area contributed by atoms with E-state index in [0.717, 1.165) is 17.7 Å². The zero-order valence-electron chi connectivity index (χ0n) is 22.2. The molecule has 1 saturated carbocycles. The number of phenolic OH excluding ortho intramolecular Hbond substituents is 3. The zero-order chi connectivity index (χ0) is 30.0. The van der Waals surface area contributed by atoms with Crippen LogP contribution in [0.25, 0.3) is 0 Å². The van der Waals surface area contributed by atoms with Crippen molar-refractivity contribution in [3.8, 4) is 23.0 Å². The van der Waals surface area contributed by atoms with Crippen LogP contribution in [-0.4, -0.2) is 113 Å². The molecule has 1 aliphatic heterocycles. The highest BCUT2D eigenvalue weighted by atomic mass is 16.7. The Bertz CT molecular complexity index is 1170. The van der Waals surface area contributed by atoms with Crippen LogP contribution in [0.3, 0.4) is 0 Å². The Kier molecular flexibility index (Phi) is 9.72. The second-order valence-corrected chi connectivity index (χ2v) is 10.6. The predicted octanol–water partition coefficient (Wildman–Crippen LogP) is -0.687. The second kappa shape index (κ2) is 12.9. The summed E-state index contributed by atoms with van der Waals surface area (Å²) in [6, 6.07) is 8.31. The Labute approximate surface area is 235 Å². The summed E-state index contributed by atoms with van der Waals surface area (Å²) in [4.78, 5) is 12.8. The summed E-state index contributed by atoms with van der Waals surface area (Å²) in [5.74, 6) is -2.37. The van der Waals surface area contributed by atoms with Gasteiger partial charge in [-0.05, 0) is 36.5 Å². The molecule has 2 aromatic carbocycles. The fourth-order valence-corrected chi connectivity index (χ4v) is 5.16. The molecule has 0 unspecified atom stereocenters. The number of aliphatic hydroxyl groups excluding tert-OH is 6. The maximum atomic E-state index is 12.8. The van der Waals surface area contributed by atoms with Crippen LogP contribution < -0.4 is 4.74 Å². The summed E-state index contributed by atoms with van der Waals surface area (Å²) in [7, 11) is 0. The first-order valence-corrected chi connectivity index (χ1v) is 13.3. The van der Waals surface area contributed by atoms with E-state index in [0.29, 0.717) is 0 Å². The summed E-state index contributed by atoms with van der Waals surface area (Å²) in [6.07, 6.45) is -12.7. The number of aryl methyl sites for hydroxylation is 1. The van der Waals surface area contributed by atoms with E-state index in [4.69, 9.17) is 14.2 Å². The molecule has 1 saturated heterocycles. The molecule has 0 amide bonds. The van der Waals surface area contributed by atoms with Crippen LogP contribution in [0.1, 0.15) is 35.7 Å².